The summed E-state index contributed by atoms with van der Waals surface area (Å²) in [6, 6.07) is 9.96. The highest BCUT2D eigenvalue weighted by Crippen LogP contribution is 2.19. The number of pyridine rings is 1. The Kier molecular flexibility index (Phi) is 9.93. The van der Waals surface area contributed by atoms with E-state index < -0.39 is 36.5 Å². The summed E-state index contributed by atoms with van der Waals surface area (Å²) in [5.74, 6) is -0.307. The Morgan fingerprint density at radius 1 is 1.14 bits per heavy atom. The van der Waals surface area contributed by atoms with Gasteiger partial charge in [-0.05, 0) is 54.1 Å². The van der Waals surface area contributed by atoms with Crippen molar-refractivity contribution in [1.82, 2.24) is 15.2 Å². The van der Waals surface area contributed by atoms with Crippen molar-refractivity contribution in [2.75, 3.05) is 19.0 Å². The number of carbonyl (C=O) groups is 2. The fourth-order valence-electron chi connectivity index (χ4n) is 3.50. The zero-order valence-electron chi connectivity index (χ0n) is 20.0. The van der Waals surface area contributed by atoms with Crippen LogP contribution in [0.2, 0.25) is 5.02 Å². The quantitative estimate of drug-likeness (QED) is 0.331. The number of fused-ring (bicyclic) bond motifs is 1. The third kappa shape index (κ3) is 8.22. The number of nitrogens with two attached hydrogens (primary N) is 1. The molecule has 0 fully saturated rings. The molecule has 0 spiro atoms. The van der Waals surface area contributed by atoms with E-state index in [1.54, 1.807) is 30.3 Å². The van der Waals surface area contributed by atoms with E-state index in [0.29, 0.717) is 21.4 Å². The molecule has 3 aromatic rings. The minimum absolute atomic E-state index is 0.0578. The van der Waals surface area contributed by atoms with Crippen molar-refractivity contribution in [3.63, 3.8) is 0 Å². The van der Waals surface area contributed by atoms with Gasteiger partial charge in [0, 0.05) is 30.2 Å². The van der Waals surface area contributed by atoms with E-state index in [-0.39, 0.29) is 31.8 Å². The standard InChI is InChI=1S/C25H27ClF3N5O3/c1-34(24(35)32-13-16-4-2-3-5-20(16)26)19(8-9-21(30)23(28)29)14-37-25(36)33-22-11-17-10-18(27)7-6-15(17)12-31-22/h2-7,10-12,19,21,23H,8-9,13-14,30H2,1H3,(H,32,35)(H,31,33,36)/t19-,21?/m0/s1. The molecule has 3 amide bonds. The fourth-order valence-corrected chi connectivity index (χ4v) is 3.70. The number of hydrogen-bond donors (Lipinski definition) is 3. The first kappa shape index (κ1) is 28.0. The van der Waals surface area contributed by atoms with E-state index in [1.807, 2.05) is 0 Å². The molecule has 3 rings (SSSR count). The average molecular weight is 538 g/mol. The van der Waals surface area contributed by atoms with Crippen LogP contribution < -0.4 is 16.4 Å². The summed E-state index contributed by atoms with van der Waals surface area (Å²) in [5.41, 5.74) is 6.16. The van der Waals surface area contributed by atoms with Crippen LogP contribution in [0.3, 0.4) is 0 Å². The number of hydrogen-bond acceptors (Lipinski definition) is 5. The third-order valence-corrected chi connectivity index (χ3v) is 6.10. The number of rotatable bonds is 10. The number of nitrogens with zero attached hydrogens (tertiary/aromatic N) is 2. The predicted molar refractivity (Wildman–Crippen MR) is 135 cm³/mol. The lowest BCUT2D eigenvalue weighted by Gasteiger charge is -2.29. The Hall–Kier alpha value is -3.57. The molecule has 0 aliphatic rings. The molecule has 198 valence electrons. The summed E-state index contributed by atoms with van der Waals surface area (Å²) in [6.45, 7) is -0.151. The predicted octanol–water partition coefficient (Wildman–Crippen LogP) is 5.16. The van der Waals surface area contributed by atoms with Gasteiger partial charge in [-0.25, -0.2) is 27.7 Å². The van der Waals surface area contributed by atoms with Gasteiger partial charge in [-0.15, -0.1) is 0 Å². The van der Waals surface area contributed by atoms with Crippen molar-refractivity contribution >= 4 is 40.3 Å². The van der Waals surface area contributed by atoms with E-state index in [0.717, 1.165) is 0 Å². The van der Waals surface area contributed by atoms with Gasteiger partial charge in [-0.1, -0.05) is 29.8 Å². The maximum atomic E-state index is 13.5. The molecule has 37 heavy (non-hydrogen) atoms. The minimum Gasteiger partial charge on any atom is -0.447 e. The first-order chi connectivity index (χ1) is 17.6. The number of aromatic nitrogens is 1. The highest BCUT2D eigenvalue weighted by molar-refractivity contribution is 6.31. The lowest BCUT2D eigenvalue weighted by atomic mass is 10.1. The van der Waals surface area contributed by atoms with Crippen LogP contribution in [0, 0.1) is 5.82 Å². The maximum Gasteiger partial charge on any atom is 0.412 e. The van der Waals surface area contributed by atoms with Gasteiger partial charge in [-0.2, -0.15) is 0 Å². The van der Waals surface area contributed by atoms with Crippen LogP contribution in [0.15, 0.2) is 54.7 Å². The van der Waals surface area contributed by atoms with Crippen LogP contribution >= 0.6 is 11.6 Å². The summed E-state index contributed by atoms with van der Waals surface area (Å²) in [7, 11) is 1.46. The Balaban J connectivity index is 1.61. The number of likely N-dealkylation sites (N-methyl/N-ethyl adjacent to an activating group) is 1. The Labute approximate surface area is 216 Å². The van der Waals surface area contributed by atoms with E-state index in [9.17, 15) is 22.8 Å². The van der Waals surface area contributed by atoms with Crippen LogP contribution in [0.1, 0.15) is 18.4 Å². The highest BCUT2D eigenvalue weighted by Gasteiger charge is 2.25. The van der Waals surface area contributed by atoms with E-state index in [2.05, 4.69) is 15.6 Å². The number of anilines is 1. The first-order valence-electron chi connectivity index (χ1n) is 11.4. The van der Waals surface area contributed by atoms with Crippen LogP contribution in [0.5, 0.6) is 0 Å². The molecule has 1 unspecified atom stereocenters. The molecule has 1 aromatic heterocycles. The van der Waals surface area contributed by atoms with Crippen molar-refractivity contribution in [1.29, 1.82) is 0 Å². The molecule has 1 heterocycles. The van der Waals surface area contributed by atoms with Gasteiger partial charge in [0.25, 0.3) is 6.43 Å². The van der Waals surface area contributed by atoms with Crippen LogP contribution in [0.4, 0.5) is 28.6 Å². The second-order valence-electron chi connectivity index (χ2n) is 8.37. The number of halogens is 4. The summed E-state index contributed by atoms with van der Waals surface area (Å²) < 4.78 is 44.6. The van der Waals surface area contributed by atoms with Crippen LogP contribution in [0.25, 0.3) is 10.8 Å². The molecule has 2 atom stereocenters. The second kappa shape index (κ2) is 13.1. The molecule has 0 radical (unpaired) electrons. The van der Waals surface area contributed by atoms with Crippen molar-refractivity contribution in [2.45, 2.75) is 37.9 Å². The smallest absolute Gasteiger partial charge is 0.412 e. The van der Waals surface area contributed by atoms with Gasteiger partial charge in [0.05, 0.1) is 12.1 Å². The molecule has 0 aliphatic carbocycles. The number of nitrogens with one attached hydrogen (secondary N) is 2. The summed E-state index contributed by atoms with van der Waals surface area (Å²) in [4.78, 5) is 30.5. The number of urea groups is 1. The molecule has 0 bridgehead atoms. The molecule has 2 aromatic carbocycles. The molecular weight excluding hydrogens is 511 g/mol. The van der Waals surface area contributed by atoms with Crippen molar-refractivity contribution in [3.05, 3.63) is 71.1 Å². The van der Waals surface area contributed by atoms with Gasteiger partial charge < -0.3 is 20.7 Å². The van der Waals surface area contributed by atoms with Crippen LogP contribution in [-0.2, 0) is 11.3 Å². The van der Waals surface area contributed by atoms with Gasteiger partial charge >= 0.3 is 12.1 Å². The number of ether oxygens (including phenoxy) is 1. The molecular formula is C25H27ClF3N5O3. The Bertz CT molecular complexity index is 1230. The zero-order chi connectivity index (χ0) is 26.9. The largest absolute Gasteiger partial charge is 0.447 e. The van der Waals surface area contributed by atoms with E-state index >= 15 is 0 Å². The number of benzene rings is 2. The van der Waals surface area contributed by atoms with Crippen molar-refractivity contribution in [3.8, 4) is 0 Å². The number of carbonyl (C=O) groups excluding carboxylic acids is 2. The summed E-state index contributed by atoms with van der Waals surface area (Å²) in [6.07, 6.45) is -2.18. The fraction of sp³-hybridized carbons (Fsp3) is 0.320. The topological polar surface area (TPSA) is 110 Å². The molecule has 0 saturated carbocycles. The van der Waals surface area contributed by atoms with E-state index in [1.165, 1.54) is 36.3 Å². The molecule has 0 aliphatic heterocycles. The lowest BCUT2D eigenvalue weighted by Crippen LogP contribution is -2.46. The summed E-state index contributed by atoms with van der Waals surface area (Å²) in [5, 5.41) is 6.83. The monoisotopic (exact) mass is 537 g/mol. The lowest BCUT2D eigenvalue weighted by molar-refractivity contribution is 0.0920. The molecule has 4 N–H and O–H groups in total. The Morgan fingerprint density at radius 3 is 2.62 bits per heavy atom. The number of alkyl halides is 2. The van der Waals surface area contributed by atoms with Gasteiger partial charge in [-0.3, -0.25) is 5.32 Å². The van der Waals surface area contributed by atoms with Gasteiger partial charge in [0.1, 0.15) is 18.2 Å². The third-order valence-electron chi connectivity index (χ3n) is 5.73. The number of amides is 3. The average Bonchev–Trinajstić information content (AvgIpc) is 2.87. The zero-order valence-corrected chi connectivity index (χ0v) is 20.7. The van der Waals surface area contributed by atoms with Crippen molar-refractivity contribution < 1.29 is 27.5 Å². The van der Waals surface area contributed by atoms with E-state index in [4.69, 9.17) is 22.1 Å². The molecule has 0 saturated heterocycles. The molecule has 12 heteroatoms. The minimum atomic E-state index is -2.73. The Morgan fingerprint density at radius 2 is 1.89 bits per heavy atom. The van der Waals surface area contributed by atoms with Gasteiger partial charge in [0.15, 0.2) is 0 Å². The summed E-state index contributed by atoms with van der Waals surface area (Å²) >= 11 is 6.12. The first-order valence-corrected chi connectivity index (χ1v) is 11.8. The maximum absolute atomic E-state index is 13.5. The normalized spacial score (nSPS) is 12.7. The SMILES string of the molecule is CN(C(=O)NCc1ccccc1Cl)[C@@H](CCC(N)C(F)F)COC(=O)Nc1cc2cc(F)ccc2cn1. The molecule has 8 nitrogen and oxygen atoms in total. The van der Waals surface area contributed by atoms with Crippen molar-refractivity contribution in [2.24, 2.45) is 5.73 Å². The second-order valence-corrected chi connectivity index (χ2v) is 8.78. The van der Waals surface area contributed by atoms with Crippen LogP contribution in [-0.4, -0.2) is 54.2 Å². The van der Waals surface area contributed by atoms with Gasteiger partial charge in [0.2, 0.25) is 0 Å². The highest BCUT2D eigenvalue weighted by atomic mass is 35.5.